The van der Waals surface area contributed by atoms with Crippen LogP contribution in [0.5, 0.6) is 0 Å². The van der Waals surface area contributed by atoms with Gasteiger partial charge in [0.15, 0.2) is 0 Å². The number of azide groups is 1. The number of ether oxygens (including phenoxy) is 1. The Morgan fingerprint density at radius 3 is 2.82 bits per heavy atom. The van der Waals surface area contributed by atoms with Crippen LogP contribution >= 0.6 is 23.2 Å². The van der Waals surface area contributed by atoms with Gasteiger partial charge in [-0.05, 0) is 5.53 Å². The average Bonchev–Trinajstić information content (AvgIpc) is 1.97. The molecule has 7 heteroatoms. The molecule has 1 unspecified atom stereocenters. The number of nitrogens with zero attached hydrogens (tertiary/aromatic N) is 3. The quantitative estimate of drug-likeness (QED) is 0.228. The topological polar surface area (TPSA) is 75.1 Å². The largest absolute Gasteiger partial charge is 0.449 e. The van der Waals surface area contributed by atoms with Gasteiger partial charge in [0.2, 0.25) is 0 Å². The van der Waals surface area contributed by atoms with Crippen molar-refractivity contribution in [3.63, 3.8) is 0 Å². The zero-order valence-corrected chi connectivity index (χ0v) is 6.92. The molecule has 5 nitrogen and oxygen atoms in total. The van der Waals surface area contributed by atoms with E-state index in [0.29, 0.717) is 0 Å². The van der Waals surface area contributed by atoms with E-state index < -0.39 is 11.5 Å². The second-order valence-corrected chi connectivity index (χ2v) is 2.16. The van der Waals surface area contributed by atoms with Crippen molar-refractivity contribution in [3.05, 3.63) is 10.4 Å². The van der Waals surface area contributed by atoms with Gasteiger partial charge in [-0.25, -0.2) is 4.79 Å². The Morgan fingerprint density at radius 2 is 2.45 bits per heavy atom. The highest BCUT2D eigenvalue weighted by Crippen LogP contribution is 2.00. The second kappa shape index (κ2) is 6.09. The van der Waals surface area contributed by atoms with Gasteiger partial charge in [0, 0.05) is 16.5 Å². The molecule has 0 aliphatic heterocycles. The molecule has 0 bridgehead atoms. The number of hydrogen-bond acceptors (Lipinski definition) is 3. The Labute approximate surface area is 72.8 Å². The van der Waals surface area contributed by atoms with Gasteiger partial charge in [-0.1, -0.05) is 5.11 Å². The predicted octanol–water partition coefficient (Wildman–Crippen LogP) is 2.28. The minimum atomic E-state index is -0.955. The van der Waals surface area contributed by atoms with E-state index in [9.17, 15) is 4.79 Å². The standard InChI is InChI=1S/C4H5Cl2N3O2/c5-1-3(2-8-9-7)11-4(6)10/h3H,1-2H2. The zero-order chi connectivity index (χ0) is 8.69. The lowest BCUT2D eigenvalue weighted by Gasteiger charge is -2.08. The lowest BCUT2D eigenvalue weighted by Crippen LogP contribution is -2.19. The van der Waals surface area contributed by atoms with Crippen LogP contribution in [-0.4, -0.2) is 24.0 Å². The third kappa shape index (κ3) is 5.79. The molecule has 0 aliphatic rings. The van der Waals surface area contributed by atoms with E-state index in [2.05, 4.69) is 14.8 Å². The summed E-state index contributed by atoms with van der Waals surface area (Å²) in [6.07, 6.45) is -0.641. The molecule has 0 amide bonds. The van der Waals surface area contributed by atoms with Crippen LogP contribution in [0, 0.1) is 0 Å². The van der Waals surface area contributed by atoms with Gasteiger partial charge in [-0.2, -0.15) is 0 Å². The van der Waals surface area contributed by atoms with Crippen LogP contribution in [-0.2, 0) is 4.74 Å². The molecule has 1 atom stereocenters. The van der Waals surface area contributed by atoms with Crippen LogP contribution < -0.4 is 0 Å². The third-order valence-electron chi connectivity index (χ3n) is 0.780. The summed E-state index contributed by atoms with van der Waals surface area (Å²) in [4.78, 5) is 12.6. The van der Waals surface area contributed by atoms with Crippen molar-refractivity contribution < 1.29 is 9.53 Å². The Kier molecular flexibility index (Phi) is 5.74. The molecule has 0 aromatic heterocycles. The molecule has 0 radical (unpaired) electrons. The molecule has 0 saturated carbocycles. The summed E-state index contributed by atoms with van der Waals surface area (Å²) in [5.74, 6) is 0.0531. The maximum absolute atomic E-state index is 10.1. The average molecular weight is 198 g/mol. The smallest absolute Gasteiger partial charge is 0.404 e. The molecular weight excluding hydrogens is 193 g/mol. The minimum Gasteiger partial charge on any atom is -0.449 e. The maximum atomic E-state index is 10.1. The lowest BCUT2D eigenvalue weighted by atomic mass is 10.4. The first kappa shape index (κ1) is 10.4. The summed E-state index contributed by atoms with van der Waals surface area (Å²) >= 11 is 10.2. The fourth-order valence-electron chi connectivity index (χ4n) is 0.376. The maximum Gasteiger partial charge on any atom is 0.404 e. The molecule has 0 spiro atoms. The highest BCUT2D eigenvalue weighted by Gasteiger charge is 2.09. The molecule has 62 valence electrons. The van der Waals surface area contributed by atoms with Gasteiger partial charge in [0.25, 0.3) is 0 Å². The Bertz CT molecular complexity index is 176. The highest BCUT2D eigenvalue weighted by molar-refractivity contribution is 6.61. The summed E-state index contributed by atoms with van der Waals surface area (Å²) in [7, 11) is 0. The van der Waals surface area contributed by atoms with Crippen LogP contribution in [0.3, 0.4) is 0 Å². The van der Waals surface area contributed by atoms with E-state index in [-0.39, 0.29) is 12.4 Å². The van der Waals surface area contributed by atoms with Crippen molar-refractivity contribution >= 4 is 28.6 Å². The predicted molar refractivity (Wildman–Crippen MR) is 40.9 cm³/mol. The van der Waals surface area contributed by atoms with Crippen molar-refractivity contribution in [2.45, 2.75) is 6.10 Å². The van der Waals surface area contributed by atoms with Crippen molar-refractivity contribution in [1.29, 1.82) is 0 Å². The Morgan fingerprint density at radius 1 is 1.82 bits per heavy atom. The van der Waals surface area contributed by atoms with E-state index in [1.807, 2.05) is 0 Å². The summed E-state index contributed by atoms with van der Waals surface area (Å²) < 4.78 is 4.43. The van der Waals surface area contributed by atoms with E-state index in [1.165, 1.54) is 0 Å². The molecule has 11 heavy (non-hydrogen) atoms. The van der Waals surface area contributed by atoms with Crippen molar-refractivity contribution in [2.75, 3.05) is 12.4 Å². The fraction of sp³-hybridized carbons (Fsp3) is 0.750. The number of rotatable bonds is 4. The van der Waals surface area contributed by atoms with Gasteiger partial charge < -0.3 is 4.74 Å². The third-order valence-corrected chi connectivity index (χ3v) is 1.21. The van der Waals surface area contributed by atoms with Crippen molar-refractivity contribution in [1.82, 2.24) is 0 Å². The number of carbonyl (C=O) groups excluding carboxylic acids is 1. The van der Waals surface area contributed by atoms with Crippen LogP contribution in [0.2, 0.25) is 0 Å². The minimum absolute atomic E-state index is 0.00153. The zero-order valence-electron chi connectivity index (χ0n) is 5.41. The molecular formula is C4H5Cl2N3O2. The Hall–Kier alpha value is -0.640. The molecule has 0 saturated heterocycles. The van der Waals surface area contributed by atoms with Crippen LogP contribution in [0.4, 0.5) is 4.79 Å². The van der Waals surface area contributed by atoms with Crippen LogP contribution in [0.15, 0.2) is 5.11 Å². The van der Waals surface area contributed by atoms with E-state index >= 15 is 0 Å². The van der Waals surface area contributed by atoms with Gasteiger partial charge in [0.1, 0.15) is 6.10 Å². The number of halogens is 2. The molecule has 0 aliphatic carbocycles. The van der Waals surface area contributed by atoms with Gasteiger partial charge >= 0.3 is 5.43 Å². The van der Waals surface area contributed by atoms with E-state index in [4.69, 9.17) is 28.7 Å². The molecule has 0 fully saturated rings. The first-order valence-corrected chi connectivity index (χ1v) is 3.55. The van der Waals surface area contributed by atoms with E-state index in [1.54, 1.807) is 0 Å². The lowest BCUT2D eigenvalue weighted by molar-refractivity contribution is 0.137. The van der Waals surface area contributed by atoms with Gasteiger partial charge in [-0.3, -0.25) is 0 Å². The van der Waals surface area contributed by atoms with Crippen LogP contribution in [0.1, 0.15) is 0 Å². The normalized spacial score (nSPS) is 11.5. The summed E-state index contributed by atoms with van der Waals surface area (Å²) in [6.45, 7) is -0.00153. The molecule has 0 heterocycles. The van der Waals surface area contributed by atoms with Gasteiger partial charge in [0.05, 0.1) is 12.4 Å². The molecule has 0 aromatic rings. The number of carbonyl (C=O) groups is 1. The number of alkyl halides is 1. The number of hydrogen-bond donors (Lipinski definition) is 0. The first-order valence-electron chi connectivity index (χ1n) is 2.63. The summed E-state index contributed by atoms with van der Waals surface area (Å²) in [5.41, 5.74) is 6.93. The summed E-state index contributed by atoms with van der Waals surface area (Å²) in [5, 5.41) is 3.16. The van der Waals surface area contributed by atoms with Crippen molar-refractivity contribution in [3.8, 4) is 0 Å². The second-order valence-electron chi connectivity index (χ2n) is 1.55. The molecule has 0 rings (SSSR count). The fourth-order valence-corrected chi connectivity index (χ4v) is 0.663. The molecule has 0 N–H and O–H groups in total. The van der Waals surface area contributed by atoms with Crippen LogP contribution in [0.25, 0.3) is 10.4 Å². The highest BCUT2D eigenvalue weighted by atomic mass is 35.5. The SMILES string of the molecule is [N-]=[N+]=NCC(CCl)OC(=O)Cl. The monoisotopic (exact) mass is 197 g/mol. The van der Waals surface area contributed by atoms with Crippen molar-refractivity contribution in [2.24, 2.45) is 5.11 Å². The molecule has 0 aromatic carbocycles. The van der Waals surface area contributed by atoms with E-state index in [0.717, 1.165) is 0 Å². The van der Waals surface area contributed by atoms with Gasteiger partial charge in [-0.15, -0.1) is 11.6 Å². The summed E-state index contributed by atoms with van der Waals surface area (Å²) in [6, 6.07) is 0. The Balaban J connectivity index is 3.75. The first-order chi connectivity index (χ1) is 5.20.